The molecule has 2 aromatic heterocycles. The highest BCUT2D eigenvalue weighted by atomic mass is 16.8. The van der Waals surface area contributed by atoms with Crippen LogP contribution in [0.15, 0.2) is 18.6 Å². The minimum Gasteiger partial charge on any atom is -0.463 e. The normalized spacial score (nSPS) is 28.6. The second kappa shape index (κ2) is 6.92. The van der Waals surface area contributed by atoms with Gasteiger partial charge in [0.2, 0.25) is 0 Å². The zero-order chi connectivity index (χ0) is 22.8. The smallest absolute Gasteiger partial charge is 0.463 e. The average molecular weight is 443 g/mol. The van der Waals surface area contributed by atoms with Crippen molar-refractivity contribution in [3.05, 3.63) is 24.2 Å². The molecule has 0 unspecified atom stereocenters. The summed E-state index contributed by atoms with van der Waals surface area (Å²) in [5.41, 5.74) is 6.06. The van der Waals surface area contributed by atoms with Gasteiger partial charge in [-0.15, -0.1) is 0 Å². The fourth-order valence-electron chi connectivity index (χ4n) is 4.24. The maximum absolute atomic E-state index is 12.0. The summed E-state index contributed by atoms with van der Waals surface area (Å²) in [5.74, 6) is -0.819. The van der Waals surface area contributed by atoms with Crippen LogP contribution < -0.4 is 11.1 Å². The van der Waals surface area contributed by atoms with Gasteiger partial charge >= 0.3 is 12.1 Å². The number of esters is 1. The van der Waals surface area contributed by atoms with Crippen molar-refractivity contribution in [3.8, 4) is 0 Å². The van der Waals surface area contributed by atoms with Crippen molar-refractivity contribution >= 4 is 40.6 Å². The first-order valence-corrected chi connectivity index (χ1v) is 10.0. The van der Waals surface area contributed by atoms with Gasteiger partial charge in [-0.1, -0.05) is 13.8 Å². The number of fused-ring (bicyclic) bond motifs is 1. The largest absolute Gasteiger partial charge is 0.509 e. The maximum atomic E-state index is 12.0. The molecule has 32 heavy (non-hydrogen) atoms. The summed E-state index contributed by atoms with van der Waals surface area (Å²) in [6.07, 6.45) is 0.927. The highest BCUT2D eigenvalue weighted by Crippen LogP contribution is 2.48. The number of carbonyl (C=O) groups is 3. The molecule has 168 valence electrons. The summed E-state index contributed by atoms with van der Waals surface area (Å²) in [6, 6.07) is 0. The first-order chi connectivity index (χ1) is 15.2. The van der Waals surface area contributed by atoms with E-state index in [0.29, 0.717) is 22.4 Å². The molecule has 0 radical (unpaired) electrons. The Morgan fingerprint density at radius 3 is 2.91 bits per heavy atom. The van der Waals surface area contributed by atoms with Crippen LogP contribution in [0.2, 0.25) is 0 Å². The number of nitrogens with two attached hydrogens (primary N) is 1. The van der Waals surface area contributed by atoms with E-state index in [9.17, 15) is 14.4 Å². The lowest BCUT2D eigenvalue weighted by Gasteiger charge is -2.26. The van der Waals surface area contributed by atoms with Crippen LogP contribution in [0.25, 0.3) is 16.7 Å². The van der Waals surface area contributed by atoms with Crippen LogP contribution in [-0.2, 0) is 28.5 Å². The van der Waals surface area contributed by atoms with E-state index in [2.05, 4.69) is 15.3 Å². The number of nitrogens with one attached hydrogen (secondary N) is 1. The fourth-order valence-corrected chi connectivity index (χ4v) is 4.24. The Bertz CT molecular complexity index is 1190. The van der Waals surface area contributed by atoms with Crippen LogP contribution in [0.5, 0.6) is 0 Å². The molecule has 0 aliphatic carbocycles. The summed E-state index contributed by atoms with van der Waals surface area (Å²) < 4.78 is 24.1. The van der Waals surface area contributed by atoms with Crippen molar-refractivity contribution in [2.75, 3.05) is 11.9 Å². The molecule has 0 bridgehead atoms. The van der Waals surface area contributed by atoms with Gasteiger partial charge in [0, 0.05) is 23.5 Å². The molecule has 3 N–H and O–H groups in total. The highest BCUT2D eigenvalue weighted by Gasteiger charge is 2.64. The Kier molecular flexibility index (Phi) is 4.38. The number of amides is 1. The zero-order valence-corrected chi connectivity index (χ0v) is 17.5. The number of hydrogen-bond donors (Lipinski definition) is 2. The molecule has 5 heterocycles. The van der Waals surface area contributed by atoms with E-state index in [0.717, 1.165) is 0 Å². The molecule has 0 saturated carbocycles. The van der Waals surface area contributed by atoms with E-state index in [4.69, 9.17) is 24.7 Å². The minimum absolute atomic E-state index is 0.116. The summed E-state index contributed by atoms with van der Waals surface area (Å²) in [6.45, 7) is 5.00. The van der Waals surface area contributed by atoms with Gasteiger partial charge in [-0.3, -0.25) is 9.59 Å². The Hall–Kier alpha value is -3.67. The summed E-state index contributed by atoms with van der Waals surface area (Å²) in [5, 5.41) is 3.19. The lowest BCUT2D eigenvalue weighted by Crippen LogP contribution is -2.42. The van der Waals surface area contributed by atoms with Gasteiger partial charge in [-0.25, -0.2) is 14.8 Å². The quantitative estimate of drug-likeness (QED) is 0.655. The van der Waals surface area contributed by atoms with Crippen LogP contribution >= 0.6 is 0 Å². The highest BCUT2D eigenvalue weighted by molar-refractivity contribution is 6.13. The third-order valence-electron chi connectivity index (χ3n) is 5.79. The molecule has 0 aromatic carbocycles. The summed E-state index contributed by atoms with van der Waals surface area (Å²) >= 11 is 0. The first kappa shape index (κ1) is 20.2. The fraction of sp³-hybridized carbons (Fsp3) is 0.450. The van der Waals surface area contributed by atoms with Gasteiger partial charge in [-0.05, 0) is 6.92 Å². The van der Waals surface area contributed by atoms with Crippen LogP contribution in [0.3, 0.4) is 0 Å². The first-order valence-electron chi connectivity index (χ1n) is 10.0. The topological polar surface area (TPSA) is 157 Å². The van der Waals surface area contributed by atoms with Crippen molar-refractivity contribution in [2.45, 2.75) is 44.8 Å². The molecular formula is C20H21N5O7. The molecule has 2 fully saturated rings. The number of nitrogens with zero attached hydrogens (tertiary/aromatic N) is 3. The number of anilines is 1. The molecule has 12 heteroatoms. The third-order valence-corrected chi connectivity index (χ3v) is 5.79. The molecule has 0 spiro atoms. The number of carbonyl (C=O) groups excluding carboxylic acids is 3. The molecule has 2 saturated heterocycles. The van der Waals surface area contributed by atoms with Crippen LogP contribution in [0.1, 0.15) is 32.6 Å². The predicted octanol–water partition coefficient (Wildman–Crippen LogP) is 1.07. The Morgan fingerprint density at radius 2 is 2.16 bits per heavy atom. The molecule has 3 aliphatic heterocycles. The van der Waals surface area contributed by atoms with Crippen molar-refractivity contribution in [2.24, 2.45) is 11.7 Å². The molecule has 2 aromatic rings. The van der Waals surface area contributed by atoms with Crippen molar-refractivity contribution < 1.29 is 33.3 Å². The Morgan fingerprint density at radius 1 is 1.38 bits per heavy atom. The van der Waals surface area contributed by atoms with Crippen LogP contribution in [0.4, 0.5) is 10.6 Å². The summed E-state index contributed by atoms with van der Waals surface area (Å²) in [7, 11) is 0. The number of rotatable bonds is 4. The molecule has 1 amide bonds. The van der Waals surface area contributed by atoms with E-state index in [1.54, 1.807) is 31.5 Å². The van der Waals surface area contributed by atoms with Gasteiger partial charge in [0.15, 0.2) is 17.9 Å². The summed E-state index contributed by atoms with van der Waals surface area (Å²) in [4.78, 5) is 44.5. The van der Waals surface area contributed by atoms with Gasteiger partial charge in [0.05, 0.1) is 11.3 Å². The predicted molar refractivity (Wildman–Crippen MR) is 108 cm³/mol. The third kappa shape index (κ3) is 2.90. The van der Waals surface area contributed by atoms with E-state index in [-0.39, 0.29) is 18.2 Å². The number of aromatic nitrogens is 3. The number of hydrogen-bond acceptors (Lipinski definition) is 10. The molecule has 4 atom stereocenters. The van der Waals surface area contributed by atoms with Crippen molar-refractivity contribution in [1.29, 1.82) is 0 Å². The van der Waals surface area contributed by atoms with E-state index in [1.807, 2.05) is 0 Å². The molecular weight excluding hydrogens is 422 g/mol. The molecule has 3 aliphatic rings. The van der Waals surface area contributed by atoms with Gasteiger partial charge < -0.3 is 34.6 Å². The maximum Gasteiger partial charge on any atom is 0.509 e. The van der Waals surface area contributed by atoms with E-state index < -0.39 is 42.1 Å². The van der Waals surface area contributed by atoms with Gasteiger partial charge in [-0.2, -0.15) is 0 Å². The number of ether oxygens (including phenoxy) is 4. The Labute approximate surface area is 181 Å². The van der Waals surface area contributed by atoms with E-state index in [1.165, 1.54) is 12.4 Å². The van der Waals surface area contributed by atoms with Crippen molar-refractivity contribution in [1.82, 2.24) is 14.5 Å². The second-order valence-corrected chi connectivity index (χ2v) is 8.35. The lowest BCUT2D eigenvalue weighted by atomic mass is 9.96. The van der Waals surface area contributed by atoms with Gasteiger partial charge in [0.25, 0.3) is 5.91 Å². The minimum atomic E-state index is -1.23. The van der Waals surface area contributed by atoms with Crippen LogP contribution in [0, 0.1) is 5.92 Å². The van der Waals surface area contributed by atoms with Gasteiger partial charge in [0.1, 0.15) is 30.5 Å². The Balaban J connectivity index is 1.57. The molecule has 12 nitrogen and oxygen atoms in total. The van der Waals surface area contributed by atoms with Crippen molar-refractivity contribution in [3.63, 3.8) is 0 Å². The second-order valence-electron chi connectivity index (χ2n) is 8.35. The zero-order valence-electron chi connectivity index (χ0n) is 17.5. The van der Waals surface area contributed by atoms with E-state index >= 15 is 0 Å². The lowest BCUT2D eigenvalue weighted by molar-refractivity contribution is -0.154. The molecule has 5 rings (SSSR count). The monoisotopic (exact) mass is 443 g/mol. The average Bonchev–Trinajstić information content (AvgIpc) is 3.30. The SMILES string of the molecule is CC(C)C(=O)OC[C@H]1O[C@@H](n2cc3c4c(ncnc42)NC(=O)C=C3N)[C@]2(C)OC(=O)O[C@H]12. The standard InChI is InChI=1S/C20H21N5O7/c1-8(2)17(27)29-6-11-14-20(3,32-19(28)31-14)18(30-11)25-5-9-10(21)4-12(26)24-15-13(9)16(25)23-7-22-15/h4-5,7-8,11,14,18H,6,21H2,1-3H3,(H,22,23,24,26)/t11-,14-,18-,20-/m1/s1. The van der Waals surface area contributed by atoms with Crippen LogP contribution in [-0.4, -0.2) is 57.0 Å².